The third-order valence-corrected chi connectivity index (χ3v) is 5.17. The van der Waals surface area contributed by atoms with Gasteiger partial charge in [0.15, 0.2) is 11.0 Å². The van der Waals surface area contributed by atoms with Gasteiger partial charge in [0.05, 0.1) is 11.4 Å². The Balaban J connectivity index is 1.54. The van der Waals surface area contributed by atoms with Crippen LogP contribution in [0.3, 0.4) is 0 Å². The van der Waals surface area contributed by atoms with E-state index in [1.165, 1.54) is 11.1 Å². The Morgan fingerprint density at radius 3 is 2.20 bits per heavy atom. The number of rotatable bonds is 4. The lowest BCUT2D eigenvalue weighted by molar-refractivity contribution is -0.130. The van der Waals surface area contributed by atoms with E-state index in [4.69, 9.17) is 23.8 Å². The minimum absolute atomic E-state index is 0.0317. The van der Waals surface area contributed by atoms with E-state index in [0.29, 0.717) is 16.4 Å². The van der Waals surface area contributed by atoms with E-state index in [9.17, 15) is 9.59 Å². The molecule has 1 N–H and O–H groups in total. The number of benzene rings is 3. The van der Waals surface area contributed by atoms with Crippen molar-refractivity contribution < 1.29 is 9.59 Å². The predicted octanol–water partition coefficient (Wildman–Crippen LogP) is 4.77. The number of amides is 2. The number of hydrogen-bond donors (Lipinski definition) is 1. The highest BCUT2D eigenvalue weighted by molar-refractivity contribution is 7.80. The highest BCUT2D eigenvalue weighted by Crippen LogP contribution is 2.24. The molecule has 2 amide bonds. The number of aliphatic imine (C=N–C) groups is 1. The second-order valence-electron chi connectivity index (χ2n) is 6.61. The molecule has 3 aromatic rings. The van der Waals surface area contributed by atoms with Gasteiger partial charge in [0.25, 0.3) is 5.91 Å². The van der Waals surface area contributed by atoms with Gasteiger partial charge in [0.2, 0.25) is 5.91 Å². The van der Waals surface area contributed by atoms with Gasteiger partial charge in [-0.1, -0.05) is 54.1 Å². The van der Waals surface area contributed by atoms with Gasteiger partial charge in [-0.05, 0) is 59.7 Å². The summed E-state index contributed by atoms with van der Waals surface area (Å²) in [6.07, 6.45) is 1.35. The number of carbonyl (C=O) groups is 2. The van der Waals surface area contributed by atoms with Crippen LogP contribution in [0.5, 0.6) is 0 Å². The molecule has 1 aliphatic heterocycles. The Bertz CT molecular complexity index is 1130. The predicted molar refractivity (Wildman–Crippen MR) is 123 cm³/mol. The van der Waals surface area contributed by atoms with Gasteiger partial charge in [-0.15, -0.1) is 0 Å². The van der Waals surface area contributed by atoms with Gasteiger partial charge < -0.3 is 5.32 Å². The Morgan fingerprint density at radius 2 is 1.53 bits per heavy atom. The first-order valence-corrected chi connectivity index (χ1v) is 9.95. The van der Waals surface area contributed by atoms with Gasteiger partial charge in [0, 0.05) is 11.2 Å². The van der Waals surface area contributed by atoms with Gasteiger partial charge in [-0.25, -0.2) is 0 Å². The van der Waals surface area contributed by atoms with Crippen molar-refractivity contribution in [2.45, 2.75) is 0 Å². The van der Waals surface area contributed by atoms with Crippen LogP contribution in [0.4, 0.5) is 11.4 Å². The van der Waals surface area contributed by atoms with Crippen LogP contribution in [0.25, 0.3) is 11.1 Å². The maximum atomic E-state index is 12.9. The van der Waals surface area contributed by atoms with Crippen LogP contribution in [-0.2, 0) is 9.59 Å². The fourth-order valence-corrected chi connectivity index (χ4v) is 3.51. The van der Waals surface area contributed by atoms with Crippen LogP contribution < -0.4 is 10.2 Å². The quantitative estimate of drug-likeness (QED) is 0.366. The van der Waals surface area contributed by atoms with Crippen LogP contribution in [0, 0.1) is 5.92 Å². The monoisotopic (exact) mass is 433 g/mol. The van der Waals surface area contributed by atoms with Gasteiger partial charge >= 0.3 is 0 Å². The lowest BCUT2D eigenvalue weighted by Gasteiger charge is -2.30. The molecule has 0 aromatic heterocycles. The normalized spacial score (nSPS) is 16.8. The lowest BCUT2D eigenvalue weighted by Crippen LogP contribution is -2.58. The summed E-state index contributed by atoms with van der Waals surface area (Å²) in [6, 6.07) is 24.2. The zero-order chi connectivity index (χ0) is 21.1. The van der Waals surface area contributed by atoms with Crippen LogP contribution in [0.2, 0.25) is 5.02 Å². The summed E-state index contributed by atoms with van der Waals surface area (Å²) in [4.78, 5) is 30.9. The minimum atomic E-state index is -1.08. The summed E-state index contributed by atoms with van der Waals surface area (Å²) in [6.45, 7) is 0. The number of nitrogens with zero attached hydrogens (tertiary/aromatic N) is 2. The highest BCUT2D eigenvalue weighted by atomic mass is 35.5. The molecular formula is C23H16ClN3O2S. The number of nitrogens with one attached hydrogen (secondary N) is 1. The zero-order valence-electron chi connectivity index (χ0n) is 15.7. The van der Waals surface area contributed by atoms with E-state index < -0.39 is 17.7 Å². The second kappa shape index (κ2) is 8.57. The van der Waals surface area contributed by atoms with Crippen molar-refractivity contribution >= 4 is 58.3 Å². The summed E-state index contributed by atoms with van der Waals surface area (Å²) < 4.78 is 0. The Kier molecular flexibility index (Phi) is 5.70. The van der Waals surface area contributed by atoms with E-state index in [0.717, 1.165) is 11.1 Å². The number of anilines is 1. The molecule has 0 radical (unpaired) electrons. The molecule has 0 unspecified atom stereocenters. The van der Waals surface area contributed by atoms with Crippen LogP contribution in [0.15, 0.2) is 83.9 Å². The van der Waals surface area contributed by atoms with E-state index in [-0.39, 0.29) is 5.11 Å². The highest BCUT2D eigenvalue weighted by Gasteiger charge is 2.38. The molecule has 30 heavy (non-hydrogen) atoms. The van der Waals surface area contributed by atoms with Crippen molar-refractivity contribution in [2.24, 2.45) is 10.9 Å². The van der Waals surface area contributed by atoms with Crippen molar-refractivity contribution in [1.82, 2.24) is 5.32 Å². The molecule has 1 fully saturated rings. The van der Waals surface area contributed by atoms with Crippen molar-refractivity contribution in [3.63, 3.8) is 0 Å². The molecule has 5 nitrogen and oxygen atoms in total. The van der Waals surface area contributed by atoms with Crippen LogP contribution in [0.1, 0.15) is 0 Å². The van der Waals surface area contributed by atoms with E-state index in [2.05, 4.69) is 10.3 Å². The molecule has 3 aromatic carbocycles. The van der Waals surface area contributed by atoms with Crippen molar-refractivity contribution in [3.8, 4) is 11.1 Å². The average molecular weight is 434 g/mol. The smallest absolute Gasteiger partial charge is 0.251 e. The van der Waals surface area contributed by atoms with E-state index in [1.807, 2.05) is 54.6 Å². The molecule has 148 valence electrons. The lowest BCUT2D eigenvalue weighted by atomic mass is 10.0. The van der Waals surface area contributed by atoms with Crippen LogP contribution >= 0.6 is 23.8 Å². The third kappa shape index (κ3) is 4.15. The largest absolute Gasteiger partial charge is 0.301 e. The SMILES string of the molecule is O=C1NC(=S)N(c2ccc(Cl)cc2)C(=O)[C@H]1C=Nc1ccc(-c2ccccc2)cc1. The summed E-state index contributed by atoms with van der Waals surface area (Å²) in [7, 11) is 0. The van der Waals surface area contributed by atoms with Gasteiger partial charge in [-0.2, -0.15) is 0 Å². The maximum absolute atomic E-state index is 12.9. The molecule has 1 atom stereocenters. The fraction of sp³-hybridized carbons (Fsp3) is 0.0435. The summed E-state index contributed by atoms with van der Waals surface area (Å²) in [5.41, 5.74) is 3.32. The summed E-state index contributed by atoms with van der Waals surface area (Å²) >= 11 is 11.1. The zero-order valence-corrected chi connectivity index (χ0v) is 17.2. The molecule has 1 heterocycles. The molecule has 4 rings (SSSR count). The first-order chi connectivity index (χ1) is 14.5. The second-order valence-corrected chi connectivity index (χ2v) is 7.44. The van der Waals surface area contributed by atoms with Crippen molar-refractivity contribution in [1.29, 1.82) is 0 Å². The molecule has 0 saturated carbocycles. The Labute approximate surface area is 184 Å². The van der Waals surface area contributed by atoms with Crippen molar-refractivity contribution in [3.05, 3.63) is 83.9 Å². The number of carbonyl (C=O) groups excluding carboxylic acids is 2. The van der Waals surface area contributed by atoms with Gasteiger partial charge in [-0.3, -0.25) is 19.5 Å². The average Bonchev–Trinajstić information content (AvgIpc) is 2.76. The molecular weight excluding hydrogens is 418 g/mol. The number of thiocarbonyl (C=S) groups is 1. The number of hydrogen-bond acceptors (Lipinski definition) is 4. The molecule has 1 saturated heterocycles. The molecule has 0 aliphatic carbocycles. The van der Waals surface area contributed by atoms with Crippen molar-refractivity contribution in [2.75, 3.05) is 4.90 Å². The third-order valence-electron chi connectivity index (χ3n) is 4.63. The van der Waals surface area contributed by atoms with Gasteiger partial charge in [0.1, 0.15) is 0 Å². The Morgan fingerprint density at radius 1 is 0.900 bits per heavy atom. The first kappa shape index (κ1) is 19.9. The molecule has 1 aliphatic rings. The summed E-state index contributed by atoms with van der Waals surface area (Å²) in [5, 5.41) is 3.13. The first-order valence-electron chi connectivity index (χ1n) is 9.17. The summed E-state index contributed by atoms with van der Waals surface area (Å²) in [5.74, 6) is -2.04. The molecule has 0 bridgehead atoms. The number of halogens is 1. The molecule has 7 heteroatoms. The van der Waals surface area contributed by atoms with E-state index in [1.54, 1.807) is 24.3 Å². The van der Waals surface area contributed by atoms with Crippen LogP contribution in [-0.4, -0.2) is 23.1 Å². The Hall–Kier alpha value is -3.35. The minimum Gasteiger partial charge on any atom is -0.301 e. The maximum Gasteiger partial charge on any atom is 0.251 e. The topological polar surface area (TPSA) is 61.8 Å². The standard InChI is InChI=1S/C23H16ClN3O2S/c24-17-8-12-19(13-9-17)27-22(29)20(21(28)26-23(27)30)14-25-18-10-6-16(7-11-18)15-4-2-1-3-5-15/h1-14,20H,(H,26,28,30)/t20-/m0/s1. The molecule has 0 spiro atoms. The van der Waals surface area contributed by atoms with E-state index >= 15 is 0 Å². The fourth-order valence-electron chi connectivity index (χ4n) is 3.09.